The summed E-state index contributed by atoms with van der Waals surface area (Å²) in [5.74, 6) is -0.713. The van der Waals surface area contributed by atoms with Crippen LogP contribution in [0.25, 0.3) is 5.57 Å². The monoisotopic (exact) mass is 435 g/mol. The van der Waals surface area contributed by atoms with Crippen LogP contribution in [0.15, 0.2) is 54.2 Å². The number of imide groups is 1. The summed E-state index contributed by atoms with van der Waals surface area (Å²) in [6, 6.07) is 13.7. The lowest BCUT2D eigenvalue weighted by Gasteiger charge is -2.32. The number of anilines is 1. The zero-order chi connectivity index (χ0) is 22.7. The number of carbonyl (C=O) groups is 2. The minimum atomic E-state index is -0.485. The van der Waals surface area contributed by atoms with Crippen LogP contribution in [0.1, 0.15) is 30.9 Å². The Morgan fingerprint density at radius 1 is 1.06 bits per heavy atom. The van der Waals surface area contributed by atoms with E-state index in [0.717, 1.165) is 24.1 Å². The summed E-state index contributed by atoms with van der Waals surface area (Å²) < 4.78 is 5.36. The maximum absolute atomic E-state index is 13.5. The Labute approximate surface area is 186 Å². The molecule has 8 heteroatoms. The number of para-hydroxylation sites is 1. The molecule has 2 aromatic rings. The fourth-order valence-corrected chi connectivity index (χ4v) is 4.26. The summed E-state index contributed by atoms with van der Waals surface area (Å²) in [7, 11) is 0. The second kappa shape index (κ2) is 9.32. The second-order valence-corrected chi connectivity index (χ2v) is 7.72. The molecule has 0 aliphatic carbocycles. The average Bonchev–Trinajstić information content (AvgIpc) is 3.06. The number of nitro groups is 1. The molecule has 32 heavy (non-hydrogen) atoms. The van der Waals surface area contributed by atoms with Crippen LogP contribution < -0.4 is 4.90 Å². The molecule has 166 valence electrons. The van der Waals surface area contributed by atoms with Gasteiger partial charge in [-0.05, 0) is 55.5 Å². The molecule has 0 unspecified atom stereocenters. The van der Waals surface area contributed by atoms with E-state index in [1.54, 1.807) is 0 Å². The number of hydrogen-bond acceptors (Lipinski definition) is 6. The van der Waals surface area contributed by atoms with Crippen LogP contribution in [0.2, 0.25) is 0 Å². The van der Waals surface area contributed by atoms with Crippen molar-refractivity contribution in [3.05, 3.63) is 75.5 Å². The van der Waals surface area contributed by atoms with E-state index in [1.807, 2.05) is 36.1 Å². The summed E-state index contributed by atoms with van der Waals surface area (Å²) in [4.78, 5) is 40.7. The van der Waals surface area contributed by atoms with E-state index in [0.29, 0.717) is 37.4 Å². The molecule has 0 spiro atoms. The molecule has 0 bridgehead atoms. The summed E-state index contributed by atoms with van der Waals surface area (Å²) in [6.45, 7) is 3.81. The summed E-state index contributed by atoms with van der Waals surface area (Å²) in [5.41, 5.74) is 3.11. The lowest BCUT2D eigenvalue weighted by Crippen LogP contribution is -2.37. The molecular weight excluding hydrogens is 410 g/mol. The van der Waals surface area contributed by atoms with Gasteiger partial charge < -0.3 is 9.64 Å². The van der Waals surface area contributed by atoms with E-state index in [4.69, 9.17) is 4.74 Å². The molecule has 8 nitrogen and oxygen atoms in total. The zero-order valence-electron chi connectivity index (χ0n) is 18.0. The molecule has 0 aromatic heterocycles. The highest BCUT2D eigenvalue weighted by Crippen LogP contribution is 2.38. The minimum absolute atomic E-state index is 0.0652. The molecule has 2 aliphatic heterocycles. The fraction of sp³-hybridized carbons (Fsp3) is 0.333. The van der Waals surface area contributed by atoms with Gasteiger partial charge in [-0.15, -0.1) is 0 Å². The first-order valence-corrected chi connectivity index (χ1v) is 10.8. The third kappa shape index (κ3) is 4.01. The Bertz CT molecular complexity index is 1080. The molecule has 4 rings (SSSR count). The highest BCUT2D eigenvalue weighted by atomic mass is 16.6. The van der Waals surface area contributed by atoms with Gasteiger partial charge >= 0.3 is 0 Å². The van der Waals surface area contributed by atoms with E-state index in [9.17, 15) is 19.7 Å². The number of benzene rings is 2. The van der Waals surface area contributed by atoms with Crippen LogP contribution >= 0.6 is 0 Å². The third-order valence-corrected chi connectivity index (χ3v) is 5.77. The van der Waals surface area contributed by atoms with Crippen LogP contribution in [0.3, 0.4) is 0 Å². The molecule has 0 saturated carbocycles. The predicted octanol–water partition coefficient (Wildman–Crippen LogP) is 3.55. The van der Waals surface area contributed by atoms with Crippen molar-refractivity contribution in [2.24, 2.45) is 0 Å². The number of ether oxygens (including phenoxy) is 1. The number of hydrogen-bond donors (Lipinski definition) is 0. The van der Waals surface area contributed by atoms with Crippen molar-refractivity contribution < 1.29 is 19.2 Å². The van der Waals surface area contributed by atoms with Crippen molar-refractivity contribution in [2.45, 2.75) is 26.2 Å². The van der Waals surface area contributed by atoms with Gasteiger partial charge in [-0.25, -0.2) is 0 Å². The molecule has 0 fully saturated rings. The number of nitrogens with zero attached hydrogens (tertiary/aromatic N) is 3. The fourth-order valence-electron chi connectivity index (χ4n) is 4.26. The van der Waals surface area contributed by atoms with Crippen molar-refractivity contribution in [3.8, 4) is 0 Å². The second-order valence-electron chi connectivity index (χ2n) is 7.72. The van der Waals surface area contributed by atoms with Gasteiger partial charge in [0.15, 0.2) is 0 Å². The normalized spacial score (nSPS) is 16.0. The quantitative estimate of drug-likeness (QED) is 0.272. The van der Waals surface area contributed by atoms with E-state index >= 15 is 0 Å². The first-order chi connectivity index (χ1) is 15.5. The number of aryl methyl sites for hydroxylation is 1. The van der Waals surface area contributed by atoms with Crippen LogP contribution in [-0.4, -0.2) is 47.9 Å². The SMILES string of the molecule is CCOCCCN1C(=O)C(c2ccc([N+](=O)[O-])cc2)=C(N2CCCc3ccccc32)C1=O. The molecule has 2 aromatic carbocycles. The van der Waals surface area contributed by atoms with Crippen molar-refractivity contribution >= 4 is 28.8 Å². The van der Waals surface area contributed by atoms with Crippen molar-refractivity contribution in [1.29, 1.82) is 0 Å². The standard InChI is InChI=1S/C24H25N3O5/c1-2-32-16-6-15-26-23(28)21(18-10-12-19(13-11-18)27(30)31)22(24(26)29)25-14-5-8-17-7-3-4-9-20(17)25/h3-4,7,9-13H,2,5-6,8,14-16H2,1H3. The Morgan fingerprint density at radius 2 is 1.81 bits per heavy atom. The van der Waals surface area contributed by atoms with Crippen molar-refractivity contribution in [3.63, 3.8) is 0 Å². The first-order valence-electron chi connectivity index (χ1n) is 10.8. The largest absolute Gasteiger partial charge is 0.382 e. The molecule has 2 aliphatic rings. The average molecular weight is 435 g/mol. The number of fused-ring (bicyclic) bond motifs is 1. The van der Waals surface area contributed by atoms with E-state index in [2.05, 4.69) is 0 Å². The molecule has 2 heterocycles. The molecule has 2 amide bonds. The Kier molecular flexibility index (Phi) is 6.32. The van der Waals surface area contributed by atoms with Gasteiger partial charge in [-0.2, -0.15) is 0 Å². The smallest absolute Gasteiger partial charge is 0.278 e. The number of rotatable bonds is 8. The topological polar surface area (TPSA) is 93.0 Å². The Hall–Kier alpha value is -3.52. The van der Waals surface area contributed by atoms with Gasteiger partial charge in [0.05, 0.1) is 10.5 Å². The number of non-ortho nitro benzene ring substituents is 1. The molecular formula is C24H25N3O5. The van der Waals surface area contributed by atoms with Gasteiger partial charge in [0.2, 0.25) is 0 Å². The van der Waals surface area contributed by atoms with Crippen LogP contribution in [-0.2, 0) is 20.7 Å². The molecule has 0 saturated heterocycles. The number of carbonyl (C=O) groups excluding carboxylic acids is 2. The van der Waals surface area contributed by atoms with Crippen LogP contribution in [0.5, 0.6) is 0 Å². The third-order valence-electron chi connectivity index (χ3n) is 5.77. The van der Waals surface area contributed by atoms with Gasteiger partial charge in [0.1, 0.15) is 5.70 Å². The lowest BCUT2D eigenvalue weighted by atomic mass is 9.98. The maximum atomic E-state index is 13.5. The van der Waals surface area contributed by atoms with E-state index in [-0.39, 0.29) is 29.6 Å². The highest BCUT2D eigenvalue weighted by molar-refractivity contribution is 6.36. The van der Waals surface area contributed by atoms with Gasteiger partial charge in [0.25, 0.3) is 17.5 Å². The highest BCUT2D eigenvalue weighted by Gasteiger charge is 2.42. The van der Waals surface area contributed by atoms with Gasteiger partial charge in [0, 0.05) is 44.1 Å². The molecule has 0 radical (unpaired) electrons. The van der Waals surface area contributed by atoms with Crippen LogP contribution in [0.4, 0.5) is 11.4 Å². The molecule has 0 atom stereocenters. The van der Waals surface area contributed by atoms with Crippen molar-refractivity contribution in [1.82, 2.24) is 4.90 Å². The molecule has 0 N–H and O–H groups in total. The number of amides is 2. The van der Waals surface area contributed by atoms with Crippen LogP contribution in [0, 0.1) is 10.1 Å². The lowest BCUT2D eigenvalue weighted by molar-refractivity contribution is -0.384. The van der Waals surface area contributed by atoms with Gasteiger partial charge in [-0.3, -0.25) is 24.6 Å². The predicted molar refractivity (Wildman–Crippen MR) is 120 cm³/mol. The van der Waals surface area contributed by atoms with Crippen molar-refractivity contribution in [2.75, 3.05) is 31.2 Å². The Morgan fingerprint density at radius 3 is 2.53 bits per heavy atom. The first kappa shape index (κ1) is 21.7. The summed E-state index contributed by atoms with van der Waals surface area (Å²) in [5, 5.41) is 11.1. The van der Waals surface area contributed by atoms with E-state index in [1.165, 1.54) is 29.2 Å². The Balaban J connectivity index is 1.76. The maximum Gasteiger partial charge on any atom is 0.278 e. The van der Waals surface area contributed by atoms with Gasteiger partial charge in [-0.1, -0.05) is 18.2 Å². The summed E-state index contributed by atoms with van der Waals surface area (Å²) in [6.07, 6.45) is 2.32. The number of nitro benzene ring substituents is 1. The summed E-state index contributed by atoms with van der Waals surface area (Å²) >= 11 is 0. The minimum Gasteiger partial charge on any atom is -0.382 e. The van der Waals surface area contributed by atoms with E-state index < -0.39 is 4.92 Å². The zero-order valence-corrected chi connectivity index (χ0v) is 18.0.